The number of carbonyl (C=O) groups excluding carboxylic acids is 1. The van der Waals surface area contributed by atoms with Crippen molar-refractivity contribution >= 4 is 23.2 Å². The second-order valence-electron chi connectivity index (χ2n) is 7.36. The van der Waals surface area contributed by atoms with Gasteiger partial charge in [-0.3, -0.25) is 4.79 Å². The standard InChI is InChI=1S/C24H22ClN5O3/c1-14-15(2)29-30(16(14)3)22-11-12-23(28-27-22)33-19-8-6-18(7-9-19)26-24(31)20-13-17(25)5-10-21(20)32-4/h5-13H,1-4H3,(H,26,31). The number of ether oxygens (including phenoxy) is 2. The fraction of sp³-hybridized carbons (Fsp3) is 0.167. The molecule has 0 aliphatic heterocycles. The van der Waals surface area contributed by atoms with E-state index in [-0.39, 0.29) is 5.91 Å². The molecule has 0 spiro atoms. The highest BCUT2D eigenvalue weighted by atomic mass is 35.5. The van der Waals surface area contributed by atoms with Crippen molar-refractivity contribution in [3.05, 3.63) is 82.1 Å². The number of methoxy groups -OCH3 is 1. The maximum atomic E-state index is 12.6. The number of nitrogens with zero attached hydrogens (tertiary/aromatic N) is 4. The van der Waals surface area contributed by atoms with Gasteiger partial charge < -0.3 is 14.8 Å². The molecule has 0 atom stereocenters. The molecule has 9 heteroatoms. The molecule has 168 valence electrons. The number of benzene rings is 2. The van der Waals surface area contributed by atoms with Crippen molar-refractivity contribution in [2.24, 2.45) is 0 Å². The van der Waals surface area contributed by atoms with Crippen LogP contribution in [0.15, 0.2) is 54.6 Å². The smallest absolute Gasteiger partial charge is 0.259 e. The number of aromatic nitrogens is 4. The average Bonchev–Trinajstić information content (AvgIpc) is 3.08. The SMILES string of the molecule is COc1ccc(Cl)cc1C(=O)Nc1ccc(Oc2ccc(-n3nc(C)c(C)c3C)nn2)cc1. The molecule has 33 heavy (non-hydrogen) atoms. The molecule has 0 saturated carbocycles. The van der Waals surface area contributed by atoms with Gasteiger partial charge in [0.25, 0.3) is 5.91 Å². The van der Waals surface area contributed by atoms with Crippen LogP contribution in [0.2, 0.25) is 5.02 Å². The first-order valence-electron chi connectivity index (χ1n) is 10.2. The number of hydrogen-bond acceptors (Lipinski definition) is 6. The largest absolute Gasteiger partial charge is 0.496 e. The lowest BCUT2D eigenvalue weighted by molar-refractivity contribution is 0.102. The first-order valence-corrected chi connectivity index (χ1v) is 10.5. The van der Waals surface area contributed by atoms with E-state index in [4.69, 9.17) is 21.1 Å². The van der Waals surface area contributed by atoms with Crippen LogP contribution in [-0.4, -0.2) is 33.0 Å². The minimum atomic E-state index is -0.330. The Balaban J connectivity index is 1.43. The second-order valence-corrected chi connectivity index (χ2v) is 7.80. The molecule has 8 nitrogen and oxygen atoms in total. The molecule has 0 bridgehead atoms. The van der Waals surface area contributed by atoms with E-state index >= 15 is 0 Å². The fourth-order valence-electron chi connectivity index (χ4n) is 3.21. The lowest BCUT2D eigenvalue weighted by atomic mass is 10.2. The molecular formula is C24H22ClN5O3. The molecule has 0 radical (unpaired) electrons. The van der Waals surface area contributed by atoms with Gasteiger partial charge in [-0.05, 0) is 74.9 Å². The van der Waals surface area contributed by atoms with Crippen LogP contribution in [0, 0.1) is 20.8 Å². The lowest BCUT2D eigenvalue weighted by Crippen LogP contribution is -2.13. The number of aryl methyl sites for hydroxylation is 1. The van der Waals surface area contributed by atoms with Gasteiger partial charge in [0.1, 0.15) is 11.5 Å². The van der Waals surface area contributed by atoms with Crippen molar-refractivity contribution in [3.63, 3.8) is 0 Å². The van der Waals surface area contributed by atoms with E-state index in [1.54, 1.807) is 59.3 Å². The van der Waals surface area contributed by atoms with Crippen molar-refractivity contribution in [1.29, 1.82) is 0 Å². The highest BCUT2D eigenvalue weighted by molar-refractivity contribution is 6.31. The van der Waals surface area contributed by atoms with Crippen LogP contribution < -0.4 is 14.8 Å². The highest BCUT2D eigenvalue weighted by Crippen LogP contribution is 2.25. The Hall–Kier alpha value is -3.91. The molecule has 2 aromatic heterocycles. The summed E-state index contributed by atoms with van der Waals surface area (Å²) >= 11 is 6.01. The van der Waals surface area contributed by atoms with E-state index in [0.29, 0.717) is 39.5 Å². The van der Waals surface area contributed by atoms with E-state index in [2.05, 4.69) is 20.6 Å². The number of amides is 1. The van der Waals surface area contributed by atoms with Crippen molar-refractivity contribution in [1.82, 2.24) is 20.0 Å². The van der Waals surface area contributed by atoms with Crippen molar-refractivity contribution < 1.29 is 14.3 Å². The molecule has 0 fully saturated rings. The average molecular weight is 464 g/mol. The summed E-state index contributed by atoms with van der Waals surface area (Å²) in [4.78, 5) is 12.6. The van der Waals surface area contributed by atoms with Crippen LogP contribution in [0.4, 0.5) is 5.69 Å². The number of carbonyl (C=O) groups is 1. The van der Waals surface area contributed by atoms with Crippen LogP contribution in [0.3, 0.4) is 0 Å². The summed E-state index contributed by atoms with van der Waals surface area (Å²) in [6, 6.07) is 15.3. The zero-order chi connectivity index (χ0) is 23.5. The van der Waals surface area contributed by atoms with Gasteiger partial charge in [0, 0.05) is 22.5 Å². The Kier molecular flexibility index (Phi) is 6.28. The van der Waals surface area contributed by atoms with Gasteiger partial charge in [-0.1, -0.05) is 11.6 Å². The molecule has 1 N–H and O–H groups in total. The van der Waals surface area contributed by atoms with Crippen molar-refractivity contribution in [2.45, 2.75) is 20.8 Å². The first kappa shape index (κ1) is 22.3. The summed E-state index contributed by atoms with van der Waals surface area (Å²) in [5.74, 6) is 1.62. The monoisotopic (exact) mass is 463 g/mol. The van der Waals surface area contributed by atoms with Crippen molar-refractivity contribution in [2.75, 3.05) is 12.4 Å². The minimum absolute atomic E-state index is 0.330. The summed E-state index contributed by atoms with van der Waals surface area (Å²) in [5, 5.41) is 16.1. The zero-order valence-electron chi connectivity index (χ0n) is 18.6. The van der Waals surface area contributed by atoms with Gasteiger partial charge in [0.05, 0.1) is 18.4 Å². The number of nitrogens with one attached hydrogen (secondary N) is 1. The van der Waals surface area contributed by atoms with E-state index in [9.17, 15) is 4.79 Å². The Bertz CT molecular complexity index is 1300. The van der Waals surface area contributed by atoms with Crippen LogP contribution in [-0.2, 0) is 0 Å². The first-order chi connectivity index (χ1) is 15.9. The van der Waals surface area contributed by atoms with Gasteiger partial charge >= 0.3 is 0 Å². The predicted octanol–water partition coefficient (Wildman–Crippen LogP) is 5.29. The van der Waals surface area contributed by atoms with Gasteiger partial charge in [-0.15, -0.1) is 10.2 Å². The Morgan fingerprint density at radius 2 is 1.76 bits per heavy atom. The topological polar surface area (TPSA) is 91.2 Å². The molecule has 0 saturated heterocycles. The van der Waals surface area contributed by atoms with Gasteiger partial charge in [0.2, 0.25) is 5.88 Å². The summed E-state index contributed by atoms with van der Waals surface area (Å²) in [6.07, 6.45) is 0. The summed E-state index contributed by atoms with van der Waals surface area (Å²) in [5.41, 5.74) is 4.03. The van der Waals surface area contributed by atoms with Gasteiger partial charge in [-0.2, -0.15) is 5.10 Å². The van der Waals surface area contributed by atoms with Crippen LogP contribution >= 0.6 is 11.6 Å². The summed E-state index contributed by atoms with van der Waals surface area (Å²) in [7, 11) is 1.50. The van der Waals surface area contributed by atoms with Gasteiger partial charge in [-0.25, -0.2) is 4.68 Å². The van der Waals surface area contributed by atoms with E-state index in [1.165, 1.54) is 7.11 Å². The van der Waals surface area contributed by atoms with Crippen LogP contribution in [0.5, 0.6) is 17.4 Å². The molecule has 4 aromatic rings. The molecule has 1 amide bonds. The Labute approximate surface area is 196 Å². The van der Waals surface area contributed by atoms with Gasteiger partial charge in [0.15, 0.2) is 5.82 Å². The molecule has 0 aliphatic rings. The molecule has 2 heterocycles. The molecule has 4 rings (SSSR count). The third-order valence-electron chi connectivity index (χ3n) is 5.24. The Morgan fingerprint density at radius 1 is 1.00 bits per heavy atom. The molecular weight excluding hydrogens is 442 g/mol. The summed E-state index contributed by atoms with van der Waals surface area (Å²) in [6.45, 7) is 5.97. The van der Waals surface area contributed by atoms with E-state index in [0.717, 1.165) is 17.0 Å². The third kappa shape index (κ3) is 4.80. The number of halogens is 1. The summed E-state index contributed by atoms with van der Waals surface area (Å²) < 4.78 is 12.8. The normalized spacial score (nSPS) is 10.7. The fourth-order valence-corrected chi connectivity index (χ4v) is 3.38. The maximum Gasteiger partial charge on any atom is 0.259 e. The minimum Gasteiger partial charge on any atom is -0.496 e. The quantitative estimate of drug-likeness (QED) is 0.417. The van der Waals surface area contributed by atoms with Crippen LogP contribution in [0.25, 0.3) is 5.82 Å². The number of rotatable bonds is 6. The Morgan fingerprint density at radius 3 is 2.36 bits per heavy atom. The molecule has 0 aliphatic carbocycles. The van der Waals surface area contributed by atoms with Crippen molar-refractivity contribution in [3.8, 4) is 23.2 Å². The lowest BCUT2D eigenvalue weighted by Gasteiger charge is -2.10. The van der Waals surface area contributed by atoms with E-state index in [1.807, 2.05) is 20.8 Å². The number of anilines is 1. The predicted molar refractivity (Wildman–Crippen MR) is 126 cm³/mol. The van der Waals surface area contributed by atoms with E-state index < -0.39 is 0 Å². The zero-order valence-corrected chi connectivity index (χ0v) is 19.3. The maximum absolute atomic E-state index is 12.6. The second kappa shape index (κ2) is 9.30. The number of hydrogen-bond donors (Lipinski definition) is 1. The third-order valence-corrected chi connectivity index (χ3v) is 5.47. The molecule has 2 aromatic carbocycles. The van der Waals surface area contributed by atoms with Crippen LogP contribution in [0.1, 0.15) is 27.3 Å². The highest BCUT2D eigenvalue weighted by Gasteiger charge is 2.14. The molecule has 0 unspecified atom stereocenters.